The van der Waals surface area contributed by atoms with Crippen molar-refractivity contribution in [1.82, 2.24) is 9.71 Å². The molecule has 0 spiro atoms. The number of carbonyl (C=O) groups is 1. The summed E-state index contributed by atoms with van der Waals surface area (Å²) in [5, 5.41) is 8.91. The van der Waals surface area contributed by atoms with Crippen molar-refractivity contribution in [2.75, 3.05) is 0 Å². The second kappa shape index (κ2) is 5.88. The first-order valence-corrected chi connectivity index (χ1v) is 8.12. The van der Waals surface area contributed by atoms with Crippen molar-refractivity contribution >= 4 is 27.3 Å². The number of hydrogen-bond donors (Lipinski definition) is 2. The molecule has 0 saturated heterocycles. The van der Waals surface area contributed by atoms with E-state index >= 15 is 0 Å². The molecule has 0 fully saturated rings. The summed E-state index contributed by atoms with van der Waals surface area (Å²) in [6, 6.07) is 4.90. The third kappa shape index (κ3) is 3.26. The van der Waals surface area contributed by atoms with Crippen LogP contribution in [0.3, 0.4) is 0 Å². The second-order valence-corrected chi connectivity index (χ2v) is 6.92. The number of aromatic carboxylic acids is 1. The fourth-order valence-electron chi connectivity index (χ4n) is 1.74. The summed E-state index contributed by atoms with van der Waals surface area (Å²) >= 11 is 0.690. The summed E-state index contributed by atoms with van der Waals surface area (Å²) in [7, 11) is -4.10. The Morgan fingerprint density at radius 3 is 2.71 bits per heavy atom. The molecule has 0 aliphatic carbocycles. The molecule has 1 aromatic carbocycles. The summed E-state index contributed by atoms with van der Waals surface area (Å²) in [6.07, 6.45) is 0. The lowest BCUT2D eigenvalue weighted by atomic mass is 10.1. The number of sulfonamides is 1. The molecule has 21 heavy (non-hydrogen) atoms. The van der Waals surface area contributed by atoms with Crippen LogP contribution >= 0.6 is 11.3 Å². The Kier molecular flexibility index (Phi) is 4.35. The molecule has 2 N–H and O–H groups in total. The minimum Gasteiger partial charge on any atom is -0.476 e. The largest absolute Gasteiger partial charge is 0.476 e. The Balaban J connectivity index is 2.32. The SMILES string of the molecule is CC(NS(=O)(=O)c1scnc1C(=O)O)c1ccccc1F. The smallest absolute Gasteiger partial charge is 0.356 e. The monoisotopic (exact) mass is 330 g/mol. The van der Waals surface area contributed by atoms with Crippen LogP contribution in [-0.4, -0.2) is 24.5 Å². The summed E-state index contributed by atoms with van der Waals surface area (Å²) in [4.78, 5) is 14.4. The van der Waals surface area contributed by atoms with Gasteiger partial charge in [-0.25, -0.2) is 27.3 Å². The van der Waals surface area contributed by atoms with Crippen molar-refractivity contribution in [2.24, 2.45) is 0 Å². The molecule has 0 aliphatic heterocycles. The topological polar surface area (TPSA) is 96.4 Å². The van der Waals surface area contributed by atoms with Gasteiger partial charge in [-0.3, -0.25) is 0 Å². The van der Waals surface area contributed by atoms with E-state index < -0.39 is 37.8 Å². The van der Waals surface area contributed by atoms with Crippen LogP contribution in [0.15, 0.2) is 34.0 Å². The van der Waals surface area contributed by atoms with E-state index in [-0.39, 0.29) is 5.56 Å². The summed E-state index contributed by atoms with van der Waals surface area (Å²) < 4.78 is 39.8. The Hall–Kier alpha value is -1.84. The Morgan fingerprint density at radius 2 is 2.10 bits per heavy atom. The van der Waals surface area contributed by atoms with Crippen molar-refractivity contribution in [2.45, 2.75) is 17.2 Å². The number of rotatable bonds is 5. The van der Waals surface area contributed by atoms with Crippen LogP contribution in [-0.2, 0) is 10.0 Å². The molecule has 1 atom stereocenters. The third-order valence-corrected chi connectivity index (χ3v) is 5.60. The maximum absolute atomic E-state index is 13.6. The van der Waals surface area contributed by atoms with Gasteiger partial charge in [0.1, 0.15) is 5.82 Å². The fraction of sp³-hybridized carbons (Fsp3) is 0.167. The van der Waals surface area contributed by atoms with Gasteiger partial charge in [-0.2, -0.15) is 0 Å². The van der Waals surface area contributed by atoms with Gasteiger partial charge in [0.2, 0.25) is 0 Å². The van der Waals surface area contributed by atoms with Crippen molar-refractivity contribution < 1.29 is 22.7 Å². The molecule has 0 saturated carbocycles. The molecule has 112 valence electrons. The zero-order chi connectivity index (χ0) is 15.6. The highest BCUT2D eigenvalue weighted by molar-refractivity contribution is 7.91. The molecule has 0 aliphatic rings. The van der Waals surface area contributed by atoms with E-state index in [0.29, 0.717) is 11.3 Å². The molecule has 0 radical (unpaired) electrons. The maximum Gasteiger partial charge on any atom is 0.356 e. The standard InChI is InChI=1S/C12H11FN2O4S2/c1-7(8-4-2-3-5-9(8)13)15-21(18,19)12-10(11(16)17)14-6-20-12/h2-7,15H,1H3,(H,16,17). The number of carboxylic acids is 1. The molecule has 1 heterocycles. The lowest BCUT2D eigenvalue weighted by Gasteiger charge is -2.14. The van der Waals surface area contributed by atoms with E-state index in [2.05, 4.69) is 9.71 Å². The number of nitrogens with one attached hydrogen (secondary N) is 1. The molecule has 6 nitrogen and oxygen atoms in total. The normalized spacial score (nSPS) is 13.0. The van der Waals surface area contributed by atoms with E-state index in [1.807, 2.05) is 0 Å². The molecular formula is C12H11FN2O4S2. The molecule has 2 rings (SSSR count). The Labute approximate surface area is 124 Å². The molecule has 0 amide bonds. The number of hydrogen-bond acceptors (Lipinski definition) is 5. The highest BCUT2D eigenvalue weighted by atomic mass is 32.2. The molecule has 1 aromatic heterocycles. The van der Waals surface area contributed by atoms with Gasteiger partial charge in [0.15, 0.2) is 9.90 Å². The minimum absolute atomic E-state index is 0.169. The summed E-state index contributed by atoms with van der Waals surface area (Å²) in [5.41, 5.74) is 0.752. The average Bonchev–Trinajstić information content (AvgIpc) is 2.88. The Morgan fingerprint density at radius 1 is 1.43 bits per heavy atom. The third-order valence-electron chi connectivity index (χ3n) is 2.69. The maximum atomic E-state index is 13.6. The number of nitrogens with zero attached hydrogens (tertiary/aromatic N) is 1. The van der Waals surface area contributed by atoms with E-state index in [1.54, 1.807) is 6.07 Å². The number of carboxylic acid groups (broad SMARTS) is 1. The fourth-order valence-corrected chi connectivity index (χ4v) is 4.12. The van der Waals surface area contributed by atoms with Crippen molar-refractivity contribution in [3.05, 3.63) is 46.9 Å². The van der Waals surface area contributed by atoms with Crippen LogP contribution in [0.1, 0.15) is 29.0 Å². The van der Waals surface area contributed by atoms with Crippen LogP contribution in [0.25, 0.3) is 0 Å². The quantitative estimate of drug-likeness (QED) is 0.874. The van der Waals surface area contributed by atoms with Gasteiger partial charge in [-0.05, 0) is 13.0 Å². The number of aromatic nitrogens is 1. The van der Waals surface area contributed by atoms with Gasteiger partial charge in [0, 0.05) is 11.6 Å². The van der Waals surface area contributed by atoms with Crippen LogP contribution in [0.4, 0.5) is 4.39 Å². The first-order chi connectivity index (χ1) is 9.83. The van der Waals surface area contributed by atoms with Gasteiger partial charge in [-0.15, -0.1) is 11.3 Å². The van der Waals surface area contributed by atoms with E-state index in [4.69, 9.17) is 5.11 Å². The molecular weight excluding hydrogens is 319 g/mol. The minimum atomic E-state index is -4.10. The van der Waals surface area contributed by atoms with Gasteiger partial charge in [-0.1, -0.05) is 18.2 Å². The van der Waals surface area contributed by atoms with E-state index in [1.165, 1.54) is 25.1 Å². The predicted molar refractivity (Wildman–Crippen MR) is 74.2 cm³/mol. The zero-order valence-corrected chi connectivity index (χ0v) is 12.4. The number of halogens is 1. The highest BCUT2D eigenvalue weighted by Crippen LogP contribution is 2.23. The molecule has 0 bridgehead atoms. The van der Waals surface area contributed by atoms with Crippen LogP contribution in [0, 0.1) is 5.82 Å². The highest BCUT2D eigenvalue weighted by Gasteiger charge is 2.27. The first-order valence-electron chi connectivity index (χ1n) is 5.76. The van der Waals surface area contributed by atoms with Crippen LogP contribution < -0.4 is 4.72 Å². The predicted octanol–water partition coefficient (Wildman–Crippen LogP) is 2.02. The second-order valence-electron chi connectivity index (χ2n) is 4.16. The van der Waals surface area contributed by atoms with Gasteiger partial charge in [0.05, 0.1) is 5.51 Å². The van der Waals surface area contributed by atoms with Gasteiger partial charge >= 0.3 is 5.97 Å². The Bertz CT molecular complexity index is 773. The molecule has 2 aromatic rings. The summed E-state index contributed by atoms with van der Waals surface area (Å²) in [5.74, 6) is -1.98. The van der Waals surface area contributed by atoms with Gasteiger partial charge in [0.25, 0.3) is 10.0 Å². The average molecular weight is 330 g/mol. The first kappa shape index (κ1) is 15.5. The lowest BCUT2D eigenvalue weighted by molar-refractivity contribution is 0.0687. The van der Waals surface area contributed by atoms with Crippen molar-refractivity contribution in [3.63, 3.8) is 0 Å². The van der Waals surface area contributed by atoms with Crippen molar-refractivity contribution in [1.29, 1.82) is 0 Å². The van der Waals surface area contributed by atoms with Gasteiger partial charge < -0.3 is 5.11 Å². The molecule has 9 heteroatoms. The van der Waals surface area contributed by atoms with E-state index in [0.717, 1.165) is 5.51 Å². The van der Waals surface area contributed by atoms with Crippen molar-refractivity contribution in [3.8, 4) is 0 Å². The lowest BCUT2D eigenvalue weighted by Crippen LogP contribution is -2.28. The number of thiazole rings is 1. The number of benzene rings is 1. The molecule has 1 unspecified atom stereocenters. The van der Waals surface area contributed by atoms with Crippen LogP contribution in [0.5, 0.6) is 0 Å². The summed E-state index contributed by atoms with van der Waals surface area (Å²) in [6.45, 7) is 1.47. The van der Waals surface area contributed by atoms with E-state index in [9.17, 15) is 17.6 Å². The zero-order valence-electron chi connectivity index (χ0n) is 10.8. The van der Waals surface area contributed by atoms with Crippen LogP contribution in [0.2, 0.25) is 0 Å².